The van der Waals surface area contributed by atoms with E-state index in [-0.39, 0.29) is 18.0 Å². The van der Waals surface area contributed by atoms with E-state index < -0.39 is 29.5 Å². The minimum absolute atomic E-state index is 0.0397. The molecule has 0 unspecified atom stereocenters. The van der Waals surface area contributed by atoms with Crippen LogP contribution in [0.1, 0.15) is 22.8 Å². The molecular weight excluding hydrogens is 285 g/mol. The number of carbonyl (C=O) groups is 2. The van der Waals surface area contributed by atoms with Crippen molar-refractivity contribution >= 4 is 11.8 Å². The topological polar surface area (TPSA) is 63.4 Å². The Bertz CT molecular complexity index is 572. The molecule has 21 heavy (non-hydrogen) atoms. The number of rotatable bonds is 2. The summed E-state index contributed by atoms with van der Waals surface area (Å²) in [6.07, 6.45) is -4.50. The van der Waals surface area contributed by atoms with Crippen LogP contribution in [0.15, 0.2) is 24.3 Å². The molecule has 1 aliphatic heterocycles. The molecule has 0 aliphatic carbocycles. The maximum atomic E-state index is 12.7. The SMILES string of the molecule is C[C@@H]1CN(C(=O)c2cccc(C(F)(F)F)c2)C[C@H]1C(N)=O. The zero-order chi connectivity index (χ0) is 15.8. The van der Waals surface area contributed by atoms with Gasteiger partial charge in [0.2, 0.25) is 5.91 Å². The summed E-state index contributed by atoms with van der Waals surface area (Å²) in [5.41, 5.74) is 4.34. The molecule has 0 saturated carbocycles. The first-order valence-corrected chi connectivity index (χ1v) is 6.46. The van der Waals surface area contributed by atoms with Crippen molar-refractivity contribution in [3.8, 4) is 0 Å². The highest BCUT2D eigenvalue weighted by Gasteiger charge is 2.37. The number of benzene rings is 1. The van der Waals surface area contributed by atoms with Crippen LogP contribution in [-0.2, 0) is 11.0 Å². The minimum atomic E-state index is -4.50. The van der Waals surface area contributed by atoms with Crippen molar-refractivity contribution in [2.75, 3.05) is 13.1 Å². The summed E-state index contributed by atoms with van der Waals surface area (Å²) in [6, 6.07) is 4.27. The molecule has 0 aromatic heterocycles. The second kappa shape index (κ2) is 5.38. The Morgan fingerprint density at radius 1 is 1.29 bits per heavy atom. The lowest BCUT2D eigenvalue weighted by Gasteiger charge is -2.17. The lowest BCUT2D eigenvalue weighted by Crippen LogP contribution is -2.32. The van der Waals surface area contributed by atoms with Crippen LogP contribution in [0.25, 0.3) is 0 Å². The van der Waals surface area contributed by atoms with Gasteiger partial charge in [-0.2, -0.15) is 13.2 Å². The number of primary amides is 1. The molecule has 114 valence electrons. The molecule has 2 amide bonds. The second-order valence-corrected chi connectivity index (χ2v) is 5.27. The summed E-state index contributed by atoms with van der Waals surface area (Å²) in [6.45, 7) is 2.24. The van der Waals surface area contributed by atoms with E-state index in [1.165, 1.54) is 17.0 Å². The van der Waals surface area contributed by atoms with Crippen molar-refractivity contribution in [2.24, 2.45) is 17.6 Å². The van der Waals surface area contributed by atoms with Gasteiger partial charge >= 0.3 is 6.18 Å². The Labute approximate surface area is 119 Å². The van der Waals surface area contributed by atoms with Gasteiger partial charge in [-0.1, -0.05) is 13.0 Å². The van der Waals surface area contributed by atoms with Crippen molar-refractivity contribution in [1.82, 2.24) is 4.90 Å². The number of hydrogen-bond acceptors (Lipinski definition) is 2. The minimum Gasteiger partial charge on any atom is -0.369 e. The van der Waals surface area contributed by atoms with E-state index in [9.17, 15) is 22.8 Å². The number of amides is 2. The van der Waals surface area contributed by atoms with Crippen LogP contribution in [0.3, 0.4) is 0 Å². The molecular formula is C14H15F3N2O2. The summed E-state index contributed by atoms with van der Waals surface area (Å²) >= 11 is 0. The zero-order valence-electron chi connectivity index (χ0n) is 11.4. The molecule has 1 fully saturated rings. The third kappa shape index (κ3) is 3.17. The first kappa shape index (κ1) is 15.3. The number of likely N-dealkylation sites (tertiary alicyclic amines) is 1. The molecule has 0 spiro atoms. The smallest absolute Gasteiger partial charge is 0.369 e. The largest absolute Gasteiger partial charge is 0.416 e. The highest BCUT2D eigenvalue weighted by atomic mass is 19.4. The lowest BCUT2D eigenvalue weighted by atomic mass is 9.98. The first-order valence-electron chi connectivity index (χ1n) is 6.46. The van der Waals surface area contributed by atoms with E-state index in [1.54, 1.807) is 6.92 Å². The van der Waals surface area contributed by atoms with Crippen molar-refractivity contribution < 1.29 is 22.8 Å². The van der Waals surface area contributed by atoms with Crippen LogP contribution >= 0.6 is 0 Å². The number of carbonyl (C=O) groups excluding carboxylic acids is 2. The fraction of sp³-hybridized carbons (Fsp3) is 0.429. The van der Waals surface area contributed by atoms with Gasteiger partial charge in [0.15, 0.2) is 0 Å². The molecule has 1 saturated heterocycles. The van der Waals surface area contributed by atoms with E-state index >= 15 is 0 Å². The van der Waals surface area contributed by atoms with Gasteiger partial charge < -0.3 is 10.6 Å². The van der Waals surface area contributed by atoms with Gasteiger partial charge in [-0.25, -0.2) is 0 Å². The van der Waals surface area contributed by atoms with Gasteiger partial charge in [0, 0.05) is 18.7 Å². The highest BCUT2D eigenvalue weighted by molar-refractivity contribution is 5.95. The van der Waals surface area contributed by atoms with Crippen LogP contribution in [0.5, 0.6) is 0 Å². The van der Waals surface area contributed by atoms with Crippen LogP contribution < -0.4 is 5.73 Å². The molecule has 1 heterocycles. The molecule has 2 N–H and O–H groups in total. The fourth-order valence-electron chi connectivity index (χ4n) is 2.51. The Kier molecular flexibility index (Phi) is 3.93. The summed E-state index contributed by atoms with van der Waals surface area (Å²) in [5.74, 6) is -1.57. The standard InChI is InChI=1S/C14H15F3N2O2/c1-8-6-19(7-11(8)12(18)20)13(21)9-3-2-4-10(5-9)14(15,16)17/h2-5,8,11H,6-7H2,1H3,(H2,18,20)/t8-,11-/m1/s1. The number of hydrogen-bond donors (Lipinski definition) is 1. The fourth-order valence-corrected chi connectivity index (χ4v) is 2.51. The second-order valence-electron chi connectivity index (χ2n) is 5.27. The summed E-state index contributed by atoms with van der Waals surface area (Å²) in [7, 11) is 0. The summed E-state index contributed by atoms with van der Waals surface area (Å²) < 4.78 is 38.0. The van der Waals surface area contributed by atoms with Gasteiger partial charge in [0.25, 0.3) is 5.91 Å². The number of alkyl halides is 3. The summed E-state index contributed by atoms with van der Waals surface area (Å²) in [4.78, 5) is 24.9. The molecule has 1 aromatic rings. The Morgan fingerprint density at radius 2 is 1.95 bits per heavy atom. The molecule has 1 aliphatic rings. The van der Waals surface area contributed by atoms with Crippen LogP contribution in [0, 0.1) is 11.8 Å². The number of nitrogens with zero attached hydrogens (tertiary/aromatic N) is 1. The van der Waals surface area contributed by atoms with E-state index in [2.05, 4.69) is 0 Å². The third-order valence-corrected chi connectivity index (χ3v) is 3.70. The monoisotopic (exact) mass is 300 g/mol. The Morgan fingerprint density at radius 3 is 2.48 bits per heavy atom. The highest BCUT2D eigenvalue weighted by Crippen LogP contribution is 2.30. The summed E-state index contributed by atoms with van der Waals surface area (Å²) in [5, 5.41) is 0. The van der Waals surface area contributed by atoms with Gasteiger partial charge in [-0.3, -0.25) is 9.59 Å². The number of halogens is 3. The van der Waals surface area contributed by atoms with Gasteiger partial charge in [0.05, 0.1) is 11.5 Å². The Balaban J connectivity index is 2.20. The molecule has 0 radical (unpaired) electrons. The normalized spacial score (nSPS) is 22.4. The van der Waals surface area contributed by atoms with Gasteiger partial charge in [-0.15, -0.1) is 0 Å². The van der Waals surface area contributed by atoms with E-state index in [0.29, 0.717) is 6.54 Å². The third-order valence-electron chi connectivity index (χ3n) is 3.70. The van der Waals surface area contributed by atoms with Gasteiger partial charge in [0.1, 0.15) is 0 Å². The van der Waals surface area contributed by atoms with Crippen molar-refractivity contribution in [1.29, 1.82) is 0 Å². The van der Waals surface area contributed by atoms with Crippen LogP contribution in [0.4, 0.5) is 13.2 Å². The van der Waals surface area contributed by atoms with Gasteiger partial charge in [-0.05, 0) is 24.1 Å². The maximum Gasteiger partial charge on any atom is 0.416 e. The van der Waals surface area contributed by atoms with Crippen molar-refractivity contribution in [2.45, 2.75) is 13.1 Å². The predicted molar refractivity (Wildman–Crippen MR) is 69.2 cm³/mol. The molecule has 2 rings (SSSR count). The number of nitrogens with two attached hydrogens (primary N) is 1. The van der Waals surface area contributed by atoms with Crippen LogP contribution in [-0.4, -0.2) is 29.8 Å². The average molecular weight is 300 g/mol. The Hall–Kier alpha value is -2.05. The predicted octanol–water partition coefficient (Wildman–Crippen LogP) is 1.90. The molecule has 1 aromatic carbocycles. The zero-order valence-corrected chi connectivity index (χ0v) is 11.4. The van der Waals surface area contributed by atoms with E-state index in [1.807, 2.05) is 0 Å². The lowest BCUT2D eigenvalue weighted by molar-refractivity contribution is -0.137. The average Bonchev–Trinajstić information content (AvgIpc) is 2.79. The first-order chi connectivity index (χ1) is 9.70. The van der Waals surface area contributed by atoms with Crippen molar-refractivity contribution in [3.63, 3.8) is 0 Å². The van der Waals surface area contributed by atoms with Crippen LogP contribution in [0.2, 0.25) is 0 Å². The van der Waals surface area contributed by atoms with E-state index in [0.717, 1.165) is 12.1 Å². The molecule has 4 nitrogen and oxygen atoms in total. The molecule has 2 atom stereocenters. The quantitative estimate of drug-likeness (QED) is 0.906. The molecule has 0 bridgehead atoms. The van der Waals surface area contributed by atoms with E-state index in [4.69, 9.17) is 5.73 Å². The molecule has 7 heteroatoms. The maximum absolute atomic E-state index is 12.7. The van der Waals surface area contributed by atoms with Crippen molar-refractivity contribution in [3.05, 3.63) is 35.4 Å².